The summed E-state index contributed by atoms with van der Waals surface area (Å²) in [6.45, 7) is 6.22. The van der Waals surface area contributed by atoms with Crippen molar-refractivity contribution in [3.8, 4) is 0 Å². The first kappa shape index (κ1) is 10.2. The van der Waals surface area contributed by atoms with E-state index in [1.807, 2.05) is 6.07 Å². The molecule has 0 radical (unpaired) electrons. The second kappa shape index (κ2) is 3.07. The lowest BCUT2D eigenvalue weighted by Gasteiger charge is -2.19. The van der Waals surface area contributed by atoms with Crippen LogP contribution >= 0.6 is 0 Å². The summed E-state index contributed by atoms with van der Waals surface area (Å²) >= 11 is 0. The summed E-state index contributed by atoms with van der Waals surface area (Å²) in [5.74, 6) is -0.441. The van der Waals surface area contributed by atoms with Crippen LogP contribution in [0.4, 0.5) is 0 Å². The lowest BCUT2D eigenvalue weighted by Crippen LogP contribution is -2.12. The lowest BCUT2D eigenvalue weighted by molar-refractivity contribution is -0.0547. The van der Waals surface area contributed by atoms with E-state index in [1.54, 1.807) is 12.1 Å². The van der Waals surface area contributed by atoms with E-state index in [-0.39, 0.29) is 5.41 Å². The molecule has 0 spiro atoms. The molecule has 80 valence electrons. The van der Waals surface area contributed by atoms with Gasteiger partial charge in [0.2, 0.25) is 6.29 Å². The SMILES string of the molecule is CC(C)(C)c1ccc2c(c1)C(=O)OC2O. The molecule has 1 N–H and O–H groups in total. The van der Waals surface area contributed by atoms with Crippen molar-refractivity contribution in [2.24, 2.45) is 0 Å². The zero-order valence-corrected chi connectivity index (χ0v) is 9.07. The average Bonchev–Trinajstić information content (AvgIpc) is 2.41. The topological polar surface area (TPSA) is 46.5 Å². The smallest absolute Gasteiger partial charge is 0.341 e. The number of aliphatic hydroxyl groups excluding tert-OH is 1. The summed E-state index contributed by atoms with van der Waals surface area (Å²) < 4.78 is 4.72. The highest BCUT2D eigenvalue weighted by molar-refractivity contribution is 5.94. The number of rotatable bonds is 0. The molecule has 1 aliphatic heterocycles. The van der Waals surface area contributed by atoms with Crippen LogP contribution in [0.1, 0.15) is 48.5 Å². The molecule has 1 atom stereocenters. The minimum atomic E-state index is -1.10. The van der Waals surface area contributed by atoms with Crippen molar-refractivity contribution < 1.29 is 14.6 Å². The molecule has 1 unspecified atom stereocenters. The summed E-state index contributed by atoms with van der Waals surface area (Å²) in [6.07, 6.45) is -1.10. The maximum absolute atomic E-state index is 11.4. The molecule has 0 amide bonds. The van der Waals surface area contributed by atoms with Crippen molar-refractivity contribution in [3.05, 3.63) is 34.9 Å². The monoisotopic (exact) mass is 206 g/mol. The average molecular weight is 206 g/mol. The molecule has 0 fully saturated rings. The number of ether oxygens (including phenoxy) is 1. The van der Waals surface area contributed by atoms with Gasteiger partial charge >= 0.3 is 5.97 Å². The molecule has 1 aromatic carbocycles. The van der Waals surface area contributed by atoms with Gasteiger partial charge in [-0.05, 0) is 17.0 Å². The minimum Gasteiger partial charge on any atom is -0.428 e. The molecule has 0 saturated heterocycles. The van der Waals surface area contributed by atoms with Gasteiger partial charge in [-0.15, -0.1) is 0 Å². The van der Waals surface area contributed by atoms with Gasteiger partial charge in [0.25, 0.3) is 0 Å². The van der Waals surface area contributed by atoms with Gasteiger partial charge in [0.1, 0.15) is 0 Å². The number of carbonyl (C=O) groups is 1. The van der Waals surface area contributed by atoms with Crippen molar-refractivity contribution in [1.82, 2.24) is 0 Å². The van der Waals surface area contributed by atoms with E-state index >= 15 is 0 Å². The maximum Gasteiger partial charge on any atom is 0.341 e. The van der Waals surface area contributed by atoms with Gasteiger partial charge < -0.3 is 9.84 Å². The summed E-state index contributed by atoms with van der Waals surface area (Å²) in [6, 6.07) is 5.48. The largest absolute Gasteiger partial charge is 0.428 e. The van der Waals surface area contributed by atoms with Crippen LogP contribution in [0.25, 0.3) is 0 Å². The summed E-state index contributed by atoms with van der Waals surface area (Å²) in [5, 5.41) is 9.40. The zero-order chi connectivity index (χ0) is 11.2. The first-order valence-corrected chi connectivity index (χ1v) is 4.93. The van der Waals surface area contributed by atoms with Crippen molar-refractivity contribution in [2.75, 3.05) is 0 Å². The van der Waals surface area contributed by atoms with Gasteiger partial charge in [0.05, 0.1) is 5.56 Å². The third-order valence-electron chi connectivity index (χ3n) is 2.62. The molecule has 15 heavy (non-hydrogen) atoms. The third-order valence-corrected chi connectivity index (χ3v) is 2.62. The Kier molecular flexibility index (Phi) is 2.08. The van der Waals surface area contributed by atoms with Crippen molar-refractivity contribution in [3.63, 3.8) is 0 Å². The highest BCUT2D eigenvalue weighted by Gasteiger charge is 2.30. The molecule has 2 rings (SSSR count). The Morgan fingerprint density at radius 1 is 1.33 bits per heavy atom. The fourth-order valence-corrected chi connectivity index (χ4v) is 1.64. The Morgan fingerprint density at radius 3 is 2.60 bits per heavy atom. The molecule has 3 nitrogen and oxygen atoms in total. The fourth-order valence-electron chi connectivity index (χ4n) is 1.64. The molecular weight excluding hydrogens is 192 g/mol. The van der Waals surface area contributed by atoms with Crippen LogP contribution in [0.15, 0.2) is 18.2 Å². The van der Waals surface area contributed by atoms with E-state index in [4.69, 9.17) is 4.74 Å². The highest BCUT2D eigenvalue weighted by atomic mass is 16.6. The quantitative estimate of drug-likeness (QED) is 0.661. The van der Waals surface area contributed by atoms with E-state index in [2.05, 4.69) is 20.8 Å². The number of hydrogen-bond acceptors (Lipinski definition) is 3. The van der Waals surface area contributed by atoms with Crippen LogP contribution in [0, 0.1) is 0 Å². The van der Waals surface area contributed by atoms with E-state index in [0.717, 1.165) is 5.56 Å². The summed E-state index contributed by atoms with van der Waals surface area (Å²) in [5.41, 5.74) is 2.10. The molecule has 0 bridgehead atoms. The molecule has 3 heteroatoms. The van der Waals surface area contributed by atoms with Crippen molar-refractivity contribution >= 4 is 5.97 Å². The van der Waals surface area contributed by atoms with Crippen LogP contribution in [0.5, 0.6) is 0 Å². The number of aliphatic hydroxyl groups is 1. The number of fused-ring (bicyclic) bond motifs is 1. The van der Waals surface area contributed by atoms with Crippen LogP contribution < -0.4 is 0 Å². The predicted octanol–water partition coefficient (Wildman–Crippen LogP) is 2.15. The number of benzene rings is 1. The van der Waals surface area contributed by atoms with Crippen LogP contribution in [0.3, 0.4) is 0 Å². The van der Waals surface area contributed by atoms with Crippen LogP contribution in [-0.2, 0) is 10.2 Å². The Bertz CT molecular complexity index is 415. The fraction of sp³-hybridized carbons (Fsp3) is 0.417. The Balaban J connectivity index is 2.52. The lowest BCUT2D eigenvalue weighted by atomic mass is 9.85. The molecule has 1 aromatic rings. The number of hydrogen-bond donors (Lipinski definition) is 1. The standard InChI is InChI=1S/C12H14O3/c1-12(2,3)7-4-5-8-9(6-7)11(14)15-10(8)13/h4-6,10,13H,1-3H3. The normalized spacial score (nSPS) is 20.0. The first-order valence-electron chi connectivity index (χ1n) is 4.93. The minimum absolute atomic E-state index is 0.0111. The zero-order valence-electron chi connectivity index (χ0n) is 9.07. The van der Waals surface area contributed by atoms with Crippen LogP contribution in [0.2, 0.25) is 0 Å². The van der Waals surface area contributed by atoms with Crippen molar-refractivity contribution in [1.29, 1.82) is 0 Å². The van der Waals surface area contributed by atoms with Gasteiger partial charge in [-0.25, -0.2) is 4.79 Å². The van der Waals surface area contributed by atoms with E-state index in [9.17, 15) is 9.90 Å². The number of esters is 1. The number of carbonyl (C=O) groups excluding carboxylic acids is 1. The van der Waals surface area contributed by atoms with E-state index in [0.29, 0.717) is 11.1 Å². The van der Waals surface area contributed by atoms with Crippen molar-refractivity contribution in [2.45, 2.75) is 32.5 Å². The molecule has 0 aliphatic carbocycles. The maximum atomic E-state index is 11.4. The van der Waals surface area contributed by atoms with Gasteiger partial charge in [-0.2, -0.15) is 0 Å². The van der Waals surface area contributed by atoms with Gasteiger partial charge in [0, 0.05) is 5.56 Å². The third kappa shape index (κ3) is 1.63. The van der Waals surface area contributed by atoms with Gasteiger partial charge in [0.15, 0.2) is 0 Å². The Labute approximate surface area is 88.7 Å². The molecular formula is C12H14O3. The summed E-state index contributed by atoms with van der Waals surface area (Å²) in [4.78, 5) is 11.4. The molecule has 1 heterocycles. The second-order valence-corrected chi connectivity index (χ2v) is 4.81. The number of cyclic esters (lactones) is 1. The molecule has 1 aliphatic rings. The Hall–Kier alpha value is -1.35. The first-order chi connectivity index (χ1) is 6.89. The van der Waals surface area contributed by atoms with Gasteiger partial charge in [-0.1, -0.05) is 32.9 Å². The van der Waals surface area contributed by atoms with Crippen LogP contribution in [-0.4, -0.2) is 11.1 Å². The molecule has 0 aromatic heterocycles. The van der Waals surface area contributed by atoms with E-state index < -0.39 is 12.3 Å². The molecule has 0 saturated carbocycles. The second-order valence-electron chi connectivity index (χ2n) is 4.81. The van der Waals surface area contributed by atoms with E-state index in [1.165, 1.54) is 0 Å². The Morgan fingerprint density at radius 2 is 2.00 bits per heavy atom. The highest BCUT2D eigenvalue weighted by Crippen LogP contribution is 2.32. The van der Waals surface area contributed by atoms with Gasteiger partial charge in [-0.3, -0.25) is 0 Å². The predicted molar refractivity (Wildman–Crippen MR) is 55.5 cm³/mol. The summed E-state index contributed by atoms with van der Waals surface area (Å²) in [7, 11) is 0.